The van der Waals surface area contributed by atoms with Gasteiger partial charge in [-0.3, -0.25) is 13.9 Å². The quantitative estimate of drug-likeness (QED) is 0.423. The first-order chi connectivity index (χ1) is 17.1. The molecule has 0 aliphatic heterocycles. The Bertz CT molecular complexity index is 1170. The molecule has 7 nitrogen and oxygen atoms in total. The van der Waals surface area contributed by atoms with Gasteiger partial charge in [-0.05, 0) is 56.0 Å². The molecule has 0 spiro atoms. The first kappa shape index (κ1) is 28.3. The van der Waals surface area contributed by atoms with Gasteiger partial charge in [-0.2, -0.15) is 0 Å². The molecule has 2 aromatic carbocycles. The van der Waals surface area contributed by atoms with Crippen LogP contribution < -0.4 is 9.62 Å². The zero-order chi connectivity index (χ0) is 26.3. The van der Waals surface area contributed by atoms with Crippen molar-refractivity contribution in [1.29, 1.82) is 0 Å². The number of amides is 2. The van der Waals surface area contributed by atoms with Crippen LogP contribution in [0.25, 0.3) is 0 Å². The molecule has 1 atom stereocenters. The first-order valence-electron chi connectivity index (χ1n) is 12.1. The third-order valence-electron chi connectivity index (χ3n) is 6.42. The average Bonchev–Trinajstić information content (AvgIpc) is 3.33. The van der Waals surface area contributed by atoms with Gasteiger partial charge in [-0.15, -0.1) is 0 Å². The van der Waals surface area contributed by atoms with E-state index in [4.69, 9.17) is 23.2 Å². The number of hydrogen-bond donors (Lipinski definition) is 1. The van der Waals surface area contributed by atoms with Crippen LogP contribution in [-0.4, -0.2) is 50.0 Å². The van der Waals surface area contributed by atoms with Crippen molar-refractivity contribution in [2.45, 2.75) is 64.1 Å². The second-order valence-corrected chi connectivity index (χ2v) is 11.9. The van der Waals surface area contributed by atoms with Gasteiger partial charge in [-0.25, -0.2) is 8.42 Å². The van der Waals surface area contributed by atoms with Gasteiger partial charge in [0.05, 0.1) is 11.9 Å². The predicted octanol–water partition coefficient (Wildman–Crippen LogP) is 5.02. The Labute approximate surface area is 223 Å². The minimum Gasteiger partial charge on any atom is -0.352 e. The Balaban J connectivity index is 1.72. The number of carbonyl (C=O) groups is 2. The van der Waals surface area contributed by atoms with E-state index in [0.717, 1.165) is 37.5 Å². The number of hydrogen-bond acceptors (Lipinski definition) is 4. The third kappa shape index (κ3) is 7.85. The summed E-state index contributed by atoms with van der Waals surface area (Å²) in [7, 11) is -3.58. The Kier molecular flexibility index (Phi) is 10.0. The van der Waals surface area contributed by atoms with Crippen molar-refractivity contribution in [2.24, 2.45) is 0 Å². The molecule has 10 heteroatoms. The lowest BCUT2D eigenvalue weighted by Gasteiger charge is -2.30. The molecule has 1 aliphatic carbocycles. The SMILES string of the molecule is CC(C(=O)NC1CCCC1)N(Cc1ccccc1Cl)C(=O)CCCN(c1cccc(Cl)c1)S(C)(=O)=O. The van der Waals surface area contributed by atoms with Gasteiger partial charge in [-0.1, -0.05) is 60.3 Å². The summed E-state index contributed by atoms with van der Waals surface area (Å²) >= 11 is 12.4. The fourth-order valence-electron chi connectivity index (χ4n) is 4.42. The van der Waals surface area contributed by atoms with Crippen molar-refractivity contribution in [3.8, 4) is 0 Å². The largest absolute Gasteiger partial charge is 0.352 e. The van der Waals surface area contributed by atoms with Gasteiger partial charge in [0.2, 0.25) is 21.8 Å². The summed E-state index contributed by atoms with van der Waals surface area (Å²) in [6.07, 6.45) is 5.53. The first-order valence-corrected chi connectivity index (χ1v) is 14.7. The summed E-state index contributed by atoms with van der Waals surface area (Å²) < 4.78 is 26.1. The van der Waals surface area contributed by atoms with E-state index in [0.29, 0.717) is 15.7 Å². The molecule has 1 unspecified atom stereocenters. The standard InChI is InChI=1S/C26H33Cl2N3O4S/c1-19(26(33)29-22-11-4-5-12-22)30(18-20-9-3-6-14-24(20)28)25(32)15-8-16-31(36(2,34)35)23-13-7-10-21(27)17-23/h3,6-7,9-10,13-14,17,19,22H,4-5,8,11-12,15-16,18H2,1-2H3,(H,29,33). The molecule has 3 rings (SSSR count). The van der Waals surface area contributed by atoms with Crippen molar-refractivity contribution >= 4 is 50.7 Å². The summed E-state index contributed by atoms with van der Waals surface area (Å²) in [5, 5.41) is 4.01. The van der Waals surface area contributed by atoms with E-state index in [-0.39, 0.29) is 43.8 Å². The van der Waals surface area contributed by atoms with E-state index in [1.807, 2.05) is 18.2 Å². The van der Waals surface area contributed by atoms with Crippen LogP contribution in [-0.2, 0) is 26.2 Å². The number of sulfonamides is 1. The van der Waals surface area contributed by atoms with Gasteiger partial charge in [0.25, 0.3) is 0 Å². The van der Waals surface area contributed by atoms with Gasteiger partial charge in [0.15, 0.2) is 0 Å². The molecule has 0 bridgehead atoms. The molecular weight excluding hydrogens is 521 g/mol. The van der Waals surface area contributed by atoms with Crippen LogP contribution in [0, 0.1) is 0 Å². The summed E-state index contributed by atoms with van der Waals surface area (Å²) in [6.45, 7) is 2.00. The monoisotopic (exact) mass is 553 g/mol. The highest BCUT2D eigenvalue weighted by atomic mass is 35.5. The maximum Gasteiger partial charge on any atom is 0.242 e. The van der Waals surface area contributed by atoms with Crippen molar-refractivity contribution < 1.29 is 18.0 Å². The fourth-order valence-corrected chi connectivity index (χ4v) is 5.76. The van der Waals surface area contributed by atoms with Crippen LogP contribution in [0.15, 0.2) is 48.5 Å². The Morgan fingerprint density at radius 3 is 2.42 bits per heavy atom. The van der Waals surface area contributed by atoms with Crippen LogP contribution in [0.3, 0.4) is 0 Å². The second-order valence-electron chi connectivity index (χ2n) is 9.20. The smallest absolute Gasteiger partial charge is 0.242 e. The zero-order valence-corrected chi connectivity index (χ0v) is 23.0. The molecule has 1 fully saturated rings. The maximum absolute atomic E-state index is 13.4. The molecule has 36 heavy (non-hydrogen) atoms. The minimum absolute atomic E-state index is 0.0675. The number of nitrogens with zero attached hydrogens (tertiary/aromatic N) is 2. The summed E-state index contributed by atoms with van der Waals surface area (Å²) in [5.41, 5.74) is 1.18. The van der Waals surface area contributed by atoms with E-state index < -0.39 is 16.1 Å². The van der Waals surface area contributed by atoms with Crippen LogP contribution in [0.5, 0.6) is 0 Å². The van der Waals surface area contributed by atoms with E-state index >= 15 is 0 Å². The van der Waals surface area contributed by atoms with Gasteiger partial charge in [0, 0.05) is 35.6 Å². The number of halogens is 2. The number of benzene rings is 2. The van der Waals surface area contributed by atoms with Gasteiger partial charge in [0.1, 0.15) is 6.04 Å². The molecule has 1 N–H and O–H groups in total. The molecule has 196 valence electrons. The molecule has 0 aromatic heterocycles. The van der Waals surface area contributed by atoms with Crippen LogP contribution in [0.2, 0.25) is 10.0 Å². The van der Waals surface area contributed by atoms with Gasteiger partial charge >= 0.3 is 0 Å². The lowest BCUT2D eigenvalue weighted by atomic mass is 10.1. The summed E-state index contributed by atoms with van der Waals surface area (Å²) in [5.74, 6) is -0.442. The van der Waals surface area contributed by atoms with Crippen molar-refractivity contribution in [1.82, 2.24) is 10.2 Å². The van der Waals surface area contributed by atoms with E-state index in [9.17, 15) is 18.0 Å². The Hall–Kier alpha value is -2.29. The van der Waals surface area contributed by atoms with Crippen LogP contribution in [0.4, 0.5) is 5.69 Å². The average molecular weight is 555 g/mol. The summed E-state index contributed by atoms with van der Waals surface area (Å²) in [4.78, 5) is 27.9. The van der Waals surface area contributed by atoms with Crippen molar-refractivity contribution in [3.05, 3.63) is 64.1 Å². The zero-order valence-electron chi connectivity index (χ0n) is 20.6. The van der Waals surface area contributed by atoms with E-state index in [1.54, 1.807) is 37.3 Å². The molecule has 0 saturated heterocycles. The predicted molar refractivity (Wildman–Crippen MR) is 145 cm³/mol. The minimum atomic E-state index is -3.58. The van der Waals surface area contributed by atoms with E-state index in [2.05, 4.69) is 5.32 Å². The van der Waals surface area contributed by atoms with Crippen LogP contribution >= 0.6 is 23.2 Å². The Morgan fingerprint density at radius 1 is 1.08 bits per heavy atom. The molecule has 2 amide bonds. The third-order valence-corrected chi connectivity index (χ3v) is 8.21. The molecule has 2 aromatic rings. The summed E-state index contributed by atoms with van der Waals surface area (Å²) in [6, 6.07) is 13.2. The lowest BCUT2D eigenvalue weighted by Crippen LogP contribution is -2.49. The number of anilines is 1. The van der Waals surface area contributed by atoms with Crippen LogP contribution in [0.1, 0.15) is 51.0 Å². The van der Waals surface area contributed by atoms with Crippen molar-refractivity contribution in [3.63, 3.8) is 0 Å². The highest BCUT2D eigenvalue weighted by Gasteiger charge is 2.29. The molecule has 1 saturated carbocycles. The van der Waals surface area contributed by atoms with E-state index in [1.165, 1.54) is 9.21 Å². The number of nitrogens with one attached hydrogen (secondary N) is 1. The molecular formula is C26H33Cl2N3O4S. The van der Waals surface area contributed by atoms with Gasteiger partial charge < -0.3 is 10.2 Å². The molecule has 1 aliphatic rings. The topological polar surface area (TPSA) is 86.8 Å². The molecule has 0 radical (unpaired) electrons. The second kappa shape index (κ2) is 12.8. The fraction of sp³-hybridized carbons (Fsp3) is 0.462. The maximum atomic E-state index is 13.4. The highest BCUT2D eigenvalue weighted by molar-refractivity contribution is 7.92. The molecule has 0 heterocycles. The number of rotatable bonds is 11. The van der Waals surface area contributed by atoms with Crippen molar-refractivity contribution in [2.75, 3.05) is 17.1 Å². The Morgan fingerprint density at radius 2 is 1.78 bits per heavy atom. The number of carbonyl (C=O) groups excluding carboxylic acids is 2. The highest BCUT2D eigenvalue weighted by Crippen LogP contribution is 2.24. The normalized spacial score (nSPS) is 14.9. The lowest BCUT2D eigenvalue weighted by molar-refractivity contribution is -0.140.